The van der Waals surface area contributed by atoms with E-state index in [1.165, 1.54) is 18.4 Å². The molecule has 2 unspecified atom stereocenters. The Labute approximate surface area is 329 Å². The summed E-state index contributed by atoms with van der Waals surface area (Å²) in [4.78, 5) is 33.1. The predicted molar refractivity (Wildman–Crippen MR) is 218 cm³/mol. The Kier molecular flexibility index (Phi) is 10.5. The number of nitrogens with two attached hydrogens (primary N) is 2. The number of nitrogens with one attached hydrogen (secondary N) is 1. The molecule has 13 heteroatoms. The SMILES string of the molecule is CCOC(=O)C(c1cc(N2CCC3(CC2)CC(N2CCC(c4cnc(N5CCc6[nH]c(N)c(/C=C(\N)c7ccccc7O)c6C5C)nc4)CC2)C3)no1)C(C)C. The van der Waals surface area contributed by atoms with Crippen LogP contribution in [0.2, 0.25) is 0 Å². The molecule has 298 valence electrons. The van der Waals surface area contributed by atoms with Crippen molar-refractivity contribution in [2.24, 2.45) is 17.1 Å². The van der Waals surface area contributed by atoms with Crippen molar-refractivity contribution < 1.29 is 19.2 Å². The molecule has 56 heavy (non-hydrogen) atoms. The molecule has 4 aromatic rings. The van der Waals surface area contributed by atoms with Gasteiger partial charge in [-0.1, -0.05) is 31.1 Å². The summed E-state index contributed by atoms with van der Waals surface area (Å²) < 4.78 is 11.0. The molecule has 3 aromatic heterocycles. The number of anilines is 3. The van der Waals surface area contributed by atoms with Gasteiger partial charge in [-0.15, -0.1) is 0 Å². The van der Waals surface area contributed by atoms with Crippen molar-refractivity contribution in [2.45, 2.75) is 96.6 Å². The van der Waals surface area contributed by atoms with Gasteiger partial charge in [0.1, 0.15) is 17.5 Å². The van der Waals surface area contributed by atoms with E-state index in [9.17, 15) is 9.90 Å². The standard InChI is InChI=1S/C43H57N9O4/c1-5-55-41(54)38(26(2)3)36-21-37(49-56-36)51-18-13-43(14-19-51)22-30(23-43)50-15-10-28(11-16-50)29-24-46-42(47-25-29)52-17-12-34-39(27(52)4)32(40(45)48-34)20-33(44)31-8-6-7-9-35(31)53/h6-9,20-21,24-28,30,38,48,53H,5,10-19,22-23,44-45H2,1-4H3/b33-20-. The summed E-state index contributed by atoms with van der Waals surface area (Å²) in [6.07, 6.45) is 13.8. The summed E-state index contributed by atoms with van der Waals surface area (Å²) in [7, 11) is 0. The largest absolute Gasteiger partial charge is 0.507 e. The third kappa shape index (κ3) is 7.21. The molecular weight excluding hydrogens is 707 g/mol. The highest BCUT2D eigenvalue weighted by molar-refractivity contribution is 5.86. The van der Waals surface area contributed by atoms with E-state index in [0.29, 0.717) is 46.8 Å². The molecule has 8 rings (SSSR count). The number of H-pyrrole nitrogens is 1. The minimum Gasteiger partial charge on any atom is -0.507 e. The lowest BCUT2D eigenvalue weighted by molar-refractivity contribution is -0.146. The summed E-state index contributed by atoms with van der Waals surface area (Å²) in [5, 5.41) is 14.7. The molecule has 13 nitrogen and oxygen atoms in total. The van der Waals surface area contributed by atoms with Crippen molar-refractivity contribution in [1.82, 2.24) is 25.0 Å². The average Bonchev–Trinajstić information content (AvgIpc) is 3.79. The Morgan fingerprint density at radius 3 is 2.50 bits per heavy atom. The highest BCUT2D eigenvalue weighted by Gasteiger charge is 2.48. The molecule has 1 aromatic carbocycles. The number of piperidine rings is 2. The van der Waals surface area contributed by atoms with Crippen LogP contribution in [-0.2, 0) is 16.0 Å². The van der Waals surface area contributed by atoms with E-state index >= 15 is 0 Å². The zero-order valence-corrected chi connectivity index (χ0v) is 33.2. The number of carbonyl (C=O) groups is 1. The van der Waals surface area contributed by atoms with Crippen LogP contribution < -0.4 is 21.3 Å². The van der Waals surface area contributed by atoms with Crippen LogP contribution in [-0.4, -0.2) is 81.5 Å². The molecule has 4 aliphatic rings. The summed E-state index contributed by atoms with van der Waals surface area (Å²) >= 11 is 0. The number of aromatic nitrogens is 4. The number of phenolic OH excluding ortho intramolecular Hbond substituents is 1. The van der Waals surface area contributed by atoms with Crippen molar-refractivity contribution >= 4 is 35.3 Å². The third-order valence-electron chi connectivity index (χ3n) is 13.1. The van der Waals surface area contributed by atoms with Gasteiger partial charge in [-0.05, 0) is 106 Å². The topological polar surface area (TPSA) is 176 Å². The van der Waals surface area contributed by atoms with Gasteiger partial charge in [-0.2, -0.15) is 0 Å². The number of para-hydroxylation sites is 1. The molecule has 1 spiro atoms. The third-order valence-corrected chi connectivity index (χ3v) is 13.1. The summed E-state index contributed by atoms with van der Waals surface area (Å²) in [5.41, 5.74) is 18.7. The first-order chi connectivity index (χ1) is 27.0. The zero-order valence-electron chi connectivity index (χ0n) is 33.2. The van der Waals surface area contributed by atoms with Gasteiger partial charge in [0.05, 0.1) is 12.6 Å². The maximum atomic E-state index is 12.6. The number of ether oxygens (including phenoxy) is 1. The lowest BCUT2D eigenvalue weighted by atomic mass is 9.59. The van der Waals surface area contributed by atoms with Crippen LogP contribution in [0.1, 0.15) is 118 Å². The smallest absolute Gasteiger partial charge is 0.317 e. The molecule has 1 saturated carbocycles. The number of benzene rings is 1. The molecule has 2 saturated heterocycles. The van der Waals surface area contributed by atoms with Crippen LogP contribution in [0, 0.1) is 11.3 Å². The number of fused-ring (bicyclic) bond motifs is 1. The van der Waals surface area contributed by atoms with Gasteiger partial charge >= 0.3 is 5.97 Å². The lowest BCUT2D eigenvalue weighted by Crippen LogP contribution is -2.56. The van der Waals surface area contributed by atoms with Crippen LogP contribution in [0.25, 0.3) is 11.8 Å². The zero-order chi connectivity index (χ0) is 39.1. The van der Waals surface area contributed by atoms with Crippen LogP contribution in [0.4, 0.5) is 17.6 Å². The highest BCUT2D eigenvalue weighted by atomic mass is 16.5. The van der Waals surface area contributed by atoms with Crippen LogP contribution in [0.15, 0.2) is 47.2 Å². The average molecular weight is 764 g/mol. The van der Waals surface area contributed by atoms with E-state index in [1.54, 1.807) is 18.2 Å². The Balaban J connectivity index is 0.828. The number of nitrogens with zero attached hydrogens (tertiary/aromatic N) is 6. The quantitative estimate of drug-likeness (QED) is 0.128. The normalized spacial score (nSPS) is 21.3. The van der Waals surface area contributed by atoms with Crippen LogP contribution in [0.3, 0.4) is 0 Å². The molecular formula is C43H57N9O4. The lowest BCUT2D eigenvalue weighted by Gasteiger charge is -2.56. The van der Waals surface area contributed by atoms with Crippen molar-refractivity contribution in [1.29, 1.82) is 0 Å². The Morgan fingerprint density at radius 1 is 1.11 bits per heavy atom. The molecule has 3 aliphatic heterocycles. The second-order valence-corrected chi connectivity index (χ2v) is 16.8. The fourth-order valence-corrected chi connectivity index (χ4v) is 9.87. The number of rotatable bonds is 10. The summed E-state index contributed by atoms with van der Waals surface area (Å²) in [6, 6.07) is 9.66. The maximum absolute atomic E-state index is 12.6. The predicted octanol–water partition coefficient (Wildman–Crippen LogP) is 6.59. The van der Waals surface area contributed by atoms with Crippen molar-refractivity contribution in [3.8, 4) is 5.75 Å². The number of nitrogen functional groups attached to an aromatic ring is 1. The Morgan fingerprint density at radius 2 is 1.82 bits per heavy atom. The molecule has 6 N–H and O–H groups in total. The molecule has 0 bridgehead atoms. The Bertz CT molecular complexity index is 2030. The number of hydrogen-bond donors (Lipinski definition) is 4. The van der Waals surface area contributed by atoms with Gasteiger partial charge in [0, 0.05) is 78.6 Å². The summed E-state index contributed by atoms with van der Waals surface area (Å²) in [5.74, 6) is 2.70. The molecule has 6 heterocycles. The first-order valence-corrected chi connectivity index (χ1v) is 20.5. The number of phenols is 1. The fourth-order valence-electron chi connectivity index (χ4n) is 9.87. The molecule has 1 aliphatic carbocycles. The van der Waals surface area contributed by atoms with E-state index in [1.807, 2.05) is 51.4 Å². The minimum absolute atomic E-state index is 0.0155. The second kappa shape index (κ2) is 15.5. The number of hydrogen-bond acceptors (Lipinski definition) is 12. The van der Waals surface area contributed by atoms with Crippen molar-refractivity contribution in [2.75, 3.05) is 54.9 Å². The van der Waals surface area contributed by atoms with Gasteiger partial charge in [0.2, 0.25) is 5.95 Å². The van der Waals surface area contributed by atoms with Gasteiger partial charge < -0.3 is 45.5 Å². The number of carbonyl (C=O) groups excluding carboxylic acids is 1. The van der Waals surface area contributed by atoms with Gasteiger partial charge in [-0.25, -0.2) is 9.97 Å². The maximum Gasteiger partial charge on any atom is 0.317 e. The van der Waals surface area contributed by atoms with Crippen LogP contribution >= 0.6 is 0 Å². The first kappa shape index (κ1) is 37.9. The minimum atomic E-state index is -0.434. The number of aromatic hydroxyl groups is 1. The number of esters is 1. The van der Waals surface area contributed by atoms with Gasteiger partial charge in [-0.3, -0.25) is 4.79 Å². The highest BCUT2D eigenvalue weighted by Crippen LogP contribution is 2.52. The number of likely N-dealkylation sites (tertiary alicyclic amines) is 1. The fraction of sp³-hybridized carbons (Fsp3) is 0.535. The van der Waals surface area contributed by atoms with Crippen molar-refractivity contribution in [3.63, 3.8) is 0 Å². The van der Waals surface area contributed by atoms with E-state index in [-0.39, 0.29) is 23.7 Å². The summed E-state index contributed by atoms with van der Waals surface area (Å²) in [6.45, 7) is 13.3. The molecule has 0 amide bonds. The van der Waals surface area contributed by atoms with E-state index in [4.69, 9.17) is 30.7 Å². The first-order valence-electron chi connectivity index (χ1n) is 20.5. The molecule has 0 radical (unpaired) electrons. The van der Waals surface area contributed by atoms with E-state index < -0.39 is 5.92 Å². The molecule has 3 fully saturated rings. The Hall–Kier alpha value is -5.04. The molecule has 2 atom stereocenters. The van der Waals surface area contributed by atoms with Gasteiger partial charge in [0.15, 0.2) is 11.6 Å². The van der Waals surface area contributed by atoms with E-state index in [2.05, 4.69) is 31.8 Å². The van der Waals surface area contributed by atoms with Gasteiger partial charge in [0.25, 0.3) is 0 Å². The van der Waals surface area contributed by atoms with E-state index in [0.717, 1.165) is 93.4 Å². The van der Waals surface area contributed by atoms with Crippen LogP contribution in [0.5, 0.6) is 5.75 Å². The monoisotopic (exact) mass is 763 g/mol. The second-order valence-electron chi connectivity index (χ2n) is 16.8. The van der Waals surface area contributed by atoms with Crippen molar-refractivity contribution in [3.05, 3.63) is 76.4 Å². The number of aromatic amines is 1.